The molecular weight excluding hydrogens is 424 g/mol. The van der Waals surface area contributed by atoms with Crippen LogP contribution in [0, 0.1) is 16.7 Å². The smallest absolute Gasteiger partial charge is 0.329 e. The highest BCUT2D eigenvalue weighted by Gasteiger charge is 2.63. The molecule has 0 spiro atoms. The van der Waals surface area contributed by atoms with E-state index in [4.69, 9.17) is 4.74 Å². The zero-order chi connectivity index (χ0) is 24.1. The molecule has 3 fully saturated rings. The number of benzene rings is 1. The minimum atomic E-state index is -0.860. The third-order valence-corrected chi connectivity index (χ3v) is 8.74. The molecule has 0 aromatic heterocycles. The van der Waals surface area contributed by atoms with Crippen molar-refractivity contribution < 1.29 is 29.3 Å². The third-order valence-electron chi connectivity index (χ3n) is 8.74. The van der Waals surface area contributed by atoms with Gasteiger partial charge in [0.25, 0.3) is 5.91 Å². The van der Waals surface area contributed by atoms with Crippen molar-refractivity contribution in [3.05, 3.63) is 23.8 Å². The molecule has 5 unspecified atom stereocenters. The fourth-order valence-corrected chi connectivity index (χ4v) is 6.06. The Balaban J connectivity index is 1.39. The molecule has 8 heteroatoms. The van der Waals surface area contributed by atoms with Gasteiger partial charge in [-0.25, -0.2) is 4.79 Å². The first-order valence-corrected chi connectivity index (χ1v) is 11.8. The van der Waals surface area contributed by atoms with Gasteiger partial charge in [-0.2, -0.15) is 0 Å². The number of aromatic hydroxyl groups is 2. The molecule has 33 heavy (non-hydrogen) atoms. The molecule has 1 heterocycles. The first-order valence-electron chi connectivity index (χ1n) is 11.8. The molecule has 8 nitrogen and oxygen atoms in total. The van der Waals surface area contributed by atoms with E-state index in [0.717, 1.165) is 18.9 Å². The van der Waals surface area contributed by atoms with Gasteiger partial charge in [0.1, 0.15) is 18.2 Å². The normalized spacial score (nSPS) is 30.8. The number of likely N-dealkylation sites (tertiary alicyclic amines) is 1. The van der Waals surface area contributed by atoms with E-state index in [9.17, 15) is 24.6 Å². The molecule has 180 valence electrons. The lowest BCUT2D eigenvalue weighted by atomic mass is 9.70. The van der Waals surface area contributed by atoms with E-state index < -0.39 is 23.7 Å². The van der Waals surface area contributed by atoms with Crippen LogP contribution in [0.4, 0.5) is 0 Å². The Hall–Kier alpha value is -2.77. The fraction of sp³-hybridized carbons (Fsp3) is 0.640. The van der Waals surface area contributed by atoms with Crippen molar-refractivity contribution in [3.8, 4) is 11.5 Å². The standard InChI is InChI=1S/C25H34N2O6/c1-14(26-21(30)15-7-8-18(28)19(29)12-15)22(31)27-11-5-6-17(27)23(32)33-20-13-16-9-10-25(20,4)24(16,2)3/h7-8,12,14,16-17,20,28-29H,5-6,9-11,13H2,1-4H3,(H,26,30). The van der Waals surface area contributed by atoms with Crippen molar-refractivity contribution in [1.29, 1.82) is 0 Å². The number of phenols is 2. The molecular formula is C25H34N2O6. The van der Waals surface area contributed by atoms with Crippen LogP contribution < -0.4 is 5.32 Å². The predicted octanol–water partition coefficient (Wildman–Crippen LogP) is 2.97. The summed E-state index contributed by atoms with van der Waals surface area (Å²) >= 11 is 0. The van der Waals surface area contributed by atoms with Crippen LogP contribution in [0.1, 0.15) is 70.2 Å². The number of fused-ring (bicyclic) bond motifs is 2. The molecule has 3 aliphatic rings. The van der Waals surface area contributed by atoms with Crippen molar-refractivity contribution in [2.75, 3.05) is 6.54 Å². The van der Waals surface area contributed by atoms with Gasteiger partial charge in [0, 0.05) is 17.5 Å². The summed E-state index contributed by atoms with van der Waals surface area (Å²) in [6.07, 6.45) is 4.21. The summed E-state index contributed by atoms with van der Waals surface area (Å²) in [5.41, 5.74) is 0.206. The maximum atomic E-state index is 13.1. The monoisotopic (exact) mass is 458 g/mol. The van der Waals surface area contributed by atoms with Crippen LogP contribution >= 0.6 is 0 Å². The highest BCUT2D eigenvalue weighted by atomic mass is 16.5. The molecule has 2 aliphatic carbocycles. The van der Waals surface area contributed by atoms with E-state index in [-0.39, 0.29) is 40.1 Å². The second-order valence-electron chi connectivity index (χ2n) is 10.6. The number of esters is 1. The van der Waals surface area contributed by atoms with Gasteiger partial charge in [0.15, 0.2) is 11.5 Å². The number of carbonyl (C=O) groups excluding carboxylic acids is 3. The van der Waals surface area contributed by atoms with Gasteiger partial charge >= 0.3 is 5.97 Å². The zero-order valence-electron chi connectivity index (χ0n) is 19.8. The summed E-state index contributed by atoms with van der Waals surface area (Å²) in [5.74, 6) is -1.44. The Morgan fingerprint density at radius 3 is 2.48 bits per heavy atom. The van der Waals surface area contributed by atoms with E-state index in [2.05, 4.69) is 26.1 Å². The van der Waals surface area contributed by atoms with Crippen molar-refractivity contribution in [2.24, 2.45) is 16.7 Å². The Morgan fingerprint density at radius 1 is 1.15 bits per heavy atom. The number of nitrogens with one attached hydrogen (secondary N) is 1. The van der Waals surface area contributed by atoms with E-state index in [1.807, 2.05) is 0 Å². The van der Waals surface area contributed by atoms with Crippen LogP contribution in [0.15, 0.2) is 18.2 Å². The van der Waals surface area contributed by atoms with Gasteiger partial charge in [-0.3, -0.25) is 9.59 Å². The van der Waals surface area contributed by atoms with Crippen LogP contribution in [-0.4, -0.2) is 57.6 Å². The maximum absolute atomic E-state index is 13.1. The summed E-state index contributed by atoms with van der Waals surface area (Å²) in [4.78, 5) is 40.2. The van der Waals surface area contributed by atoms with Crippen LogP contribution in [0.2, 0.25) is 0 Å². The molecule has 4 rings (SSSR count). The molecule has 2 bridgehead atoms. The van der Waals surface area contributed by atoms with Crippen molar-refractivity contribution in [1.82, 2.24) is 10.2 Å². The predicted molar refractivity (Wildman–Crippen MR) is 121 cm³/mol. The molecule has 3 N–H and O–H groups in total. The number of nitrogens with zero attached hydrogens (tertiary/aromatic N) is 1. The third kappa shape index (κ3) is 3.83. The van der Waals surface area contributed by atoms with Crippen LogP contribution in [0.25, 0.3) is 0 Å². The zero-order valence-corrected chi connectivity index (χ0v) is 19.8. The molecule has 2 saturated carbocycles. The number of rotatable bonds is 5. The summed E-state index contributed by atoms with van der Waals surface area (Å²) in [6.45, 7) is 8.76. The maximum Gasteiger partial charge on any atom is 0.329 e. The lowest BCUT2D eigenvalue weighted by Gasteiger charge is -2.39. The highest BCUT2D eigenvalue weighted by Crippen LogP contribution is 2.66. The van der Waals surface area contributed by atoms with E-state index >= 15 is 0 Å². The molecule has 1 aromatic carbocycles. The van der Waals surface area contributed by atoms with Gasteiger partial charge in [0.05, 0.1) is 0 Å². The van der Waals surface area contributed by atoms with Gasteiger partial charge in [-0.15, -0.1) is 0 Å². The quantitative estimate of drug-likeness (QED) is 0.461. The van der Waals surface area contributed by atoms with Crippen molar-refractivity contribution in [3.63, 3.8) is 0 Å². The summed E-state index contributed by atoms with van der Waals surface area (Å²) in [7, 11) is 0. The average Bonchev–Trinajstić information content (AvgIpc) is 3.38. The van der Waals surface area contributed by atoms with Gasteiger partial charge in [0.2, 0.25) is 5.91 Å². The second kappa shape index (κ2) is 8.22. The molecule has 1 saturated heterocycles. The number of hydrogen-bond acceptors (Lipinski definition) is 6. The fourth-order valence-electron chi connectivity index (χ4n) is 6.06. The Bertz CT molecular complexity index is 976. The summed E-state index contributed by atoms with van der Waals surface area (Å²) in [6, 6.07) is 2.20. The van der Waals surface area contributed by atoms with Crippen LogP contribution in [0.5, 0.6) is 11.5 Å². The lowest BCUT2D eigenvalue weighted by molar-refractivity contribution is -0.165. The minimum Gasteiger partial charge on any atom is -0.504 e. The molecule has 5 atom stereocenters. The summed E-state index contributed by atoms with van der Waals surface area (Å²) in [5, 5.41) is 21.6. The highest BCUT2D eigenvalue weighted by molar-refractivity contribution is 5.98. The van der Waals surface area contributed by atoms with Gasteiger partial charge in [-0.05, 0) is 68.6 Å². The topological polar surface area (TPSA) is 116 Å². The first kappa shape index (κ1) is 23.4. The SMILES string of the molecule is CC(NC(=O)c1ccc(O)c(O)c1)C(=O)N1CCCC1C(=O)OC1CC2CCC1(C)C2(C)C. The Kier molecular flexibility index (Phi) is 5.83. The van der Waals surface area contributed by atoms with Crippen LogP contribution in [-0.2, 0) is 14.3 Å². The molecule has 0 radical (unpaired) electrons. The number of ether oxygens (including phenoxy) is 1. The van der Waals surface area contributed by atoms with E-state index in [1.54, 1.807) is 6.92 Å². The number of amides is 2. The number of hydrogen-bond donors (Lipinski definition) is 3. The van der Waals surface area contributed by atoms with Crippen LogP contribution in [0.3, 0.4) is 0 Å². The molecule has 1 aromatic rings. The Labute approximate surface area is 194 Å². The van der Waals surface area contributed by atoms with Crippen molar-refractivity contribution >= 4 is 17.8 Å². The summed E-state index contributed by atoms with van der Waals surface area (Å²) < 4.78 is 6.03. The average molecular weight is 459 g/mol. The van der Waals surface area contributed by atoms with E-state index in [1.165, 1.54) is 23.5 Å². The lowest BCUT2D eigenvalue weighted by Crippen LogP contribution is -2.51. The molecule has 2 amide bonds. The largest absolute Gasteiger partial charge is 0.504 e. The second-order valence-corrected chi connectivity index (χ2v) is 10.6. The number of carbonyl (C=O) groups is 3. The Morgan fingerprint density at radius 2 is 1.88 bits per heavy atom. The molecule has 1 aliphatic heterocycles. The van der Waals surface area contributed by atoms with E-state index in [0.29, 0.717) is 25.3 Å². The first-order chi connectivity index (χ1) is 15.5. The van der Waals surface area contributed by atoms with Gasteiger partial charge in [-0.1, -0.05) is 20.8 Å². The number of phenolic OH excluding ortho intramolecular Hbond substituents is 2. The van der Waals surface area contributed by atoms with Gasteiger partial charge < -0.3 is 25.2 Å². The minimum absolute atomic E-state index is 0.0439. The van der Waals surface area contributed by atoms with Crippen molar-refractivity contribution in [2.45, 2.75) is 78.0 Å².